The van der Waals surface area contributed by atoms with E-state index in [2.05, 4.69) is 0 Å². The minimum atomic E-state index is -0.997. The smallest absolute Gasteiger partial charge is 0.342 e. The van der Waals surface area contributed by atoms with Crippen molar-refractivity contribution in [3.8, 4) is 5.75 Å². The van der Waals surface area contributed by atoms with Crippen molar-refractivity contribution in [3.63, 3.8) is 0 Å². The van der Waals surface area contributed by atoms with E-state index in [-0.39, 0.29) is 6.42 Å². The molecule has 0 amide bonds. The van der Waals surface area contributed by atoms with Crippen LogP contribution in [-0.2, 0) is 20.7 Å². The number of benzene rings is 2. The van der Waals surface area contributed by atoms with Crippen molar-refractivity contribution in [3.05, 3.63) is 64.2 Å². The first-order valence-corrected chi connectivity index (χ1v) is 8.88. The number of hydrogen-bond donors (Lipinski definition) is 0. The fourth-order valence-electron chi connectivity index (χ4n) is 2.79. The maximum Gasteiger partial charge on any atom is 0.342 e. The first-order valence-electron chi connectivity index (χ1n) is 8.51. The van der Waals surface area contributed by atoms with Crippen molar-refractivity contribution in [1.82, 2.24) is 0 Å². The fraction of sp³-hybridized carbons (Fsp3) is 0.300. The first kappa shape index (κ1) is 16.9. The Morgan fingerprint density at radius 3 is 2.77 bits per heavy atom. The van der Waals surface area contributed by atoms with Gasteiger partial charge in [-0.2, -0.15) is 0 Å². The zero-order valence-corrected chi connectivity index (χ0v) is 14.7. The van der Waals surface area contributed by atoms with Gasteiger partial charge < -0.3 is 14.2 Å². The molecular weight excluding hydrogens is 356 g/mol. The molecule has 4 rings (SSSR count). The lowest BCUT2D eigenvalue weighted by Gasteiger charge is -2.13. The van der Waals surface area contributed by atoms with Crippen LogP contribution in [0.15, 0.2) is 42.5 Å². The second-order valence-electron chi connectivity index (χ2n) is 6.51. The minimum absolute atomic E-state index is 0.0266. The summed E-state index contributed by atoms with van der Waals surface area (Å²) in [6.07, 6.45) is 1.44. The molecule has 0 aromatic heterocycles. The number of halogens is 1. The van der Waals surface area contributed by atoms with Gasteiger partial charge in [0, 0.05) is 5.56 Å². The maximum absolute atomic E-state index is 12.2. The molecule has 5 nitrogen and oxygen atoms in total. The van der Waals surface area contributed by atoms with Crippen LogP contribution in [0.5, 0.6) is 5.75 Å². The standard InChI is InChI=1S/C20H17ClO5/c21-16-9-13(7-8-17(16)24-11-12-5-6-12)10-18(22)25-20-15-4-2-1-3-14(15)19(23)26-20/h1-4,7-9,12,20H,5-6,10-11H2. The maximum atomic E-state index is 12.2. The van der Waals surface area contributed by atoms with E-state index in [1.807, 2.05) is 0 Å². The summed E-state index contributed by atoms with van der Waals surface area (Å²) in [4.78, 5) is 24.0. The highest BCUT2D eigenvalue weighted by Gasteiger charge is 2.33. The summed E-state index contributed by atoms with van der Waals surface area (Å²) in [6, 6.07) is 12.1. The molecule has 1 saturated carbocycles. The lowest BCUT2D eigenvalue weighted by Crippen LogP contribution is -2.13. The highest BCUT2D eigenvalue weighted by Crippen LogP contribution is 2.33. The molecule has 0 bridgehead atoms. The molecule has 2 aromatic rings. The molecule has 2 aromatic carbocycles. The lowest BCUT2D eigenvalue weighted by atomic mass is 10.1. The number of carbonyl (C=O) groups excluding carboxylic acids is 2. The lowest BCUT2D eigenvalue weighted by molar-refractivity contribution is -0.166. The van der Waals surface area contributed by atoms with E-state index >= 15 is 0 Å². The minimum Gasteiger partial charge on any atom is -0.492 e. The van der Waals surface area contributed by atoms with Gasteiger partial charge in [-0.15, -0.1) is 0 Å². The fourth-order valence-corrected chi connectivity index (χ4v) is 3.05. The number of rotatable bonds is 6. The van der Waals surface area contributed by atoms with Gasteiger partial charge in [-0.05, 0) is 42.5 Å². The third kappa shape index (κ3) is 3.68. The highest BCUT2D eigenvalue weighted by molar-refractivity contribution is 6.32. The Morgan fingerprint density at radius 1 is 1.19 bits per heavy atom. The highest BCUT2D eigenvalue weighted by atomic mass is 35.5. The zero-order valence-electron chi connectivity index (χ0n) is 13.9. The van der Waals surface area contributed by atoms with E-state index in [0.717, 1.165) is 0 Å². The zero-order chi connectivity index (χ0) is 18.1. The van der Waals surface area contributed by atoms with Gasteiger partial charge in [0.2, 0.25) is 0 Å². The average Bonchev–Trinajstić information content (AvgIpc) is 3.39. The molecule has 6 heteroatoms. The Labute approximate surface area is 155 Å². The molecule has 1 unspecified atom stereocenters. The van der Waals surface area contributed by atoms with E-state index in [1.165, 1.54) is 12.8 Å². The molecule has 1 fully saturated rings. The Hall–Kier alpha value is -2.53. The van der Waals surface area contributed by atoms with E-state index in [4.69, 9.17) is 25.8 Å². The molecule has 0 spiro atoms. The van der Waals surface area contributed by atoms with E-state index in [1.54, 1.807) is 42.5 Å². The summed E-state index contributed by atoms with van der Waals surface area (Å²) in [7, 11) is 0. The third-order valence-electron chi connectivity index (χ3n) is 4.40. The summed E-state index contributed by atoms with van der Waals surface area (Å²) >= 11 is 6.23. The van der Waals surface area contributed by atoms with Crippen molar-refractivity contribution in [1.29, 1.82) is 0 Å². The SMILES string of the molecule is O=C(Cc1ccc(OCC2CC2)c(Cl)c1)OC1OC(=O)c2ccccc21. The Bertz CT molecular complexity index is 859. The molecule has 0 radical (unpaired) electrons. The summed E-state index contributed by atoms with van der Waals surface area (Å²) in [5.41, 5.74) is 1.69. The summed E-state index contributed by atoms with van der Waals surface area (Å²) < 4.78 is 16.1. The predicted octanol–water partition coefficient (Wildman–Crippen LogP) is 4.08. The van der Waals surface area contributed by atoms with Crippen LogP contribution in [0.25, 0.3) is 0 Å². The van der Waals surface area contributed by atoms with Crippen LogP contribution < -0.4 is 4.74 Å². The van der Waals surface area contributed by atoms with Crippen LogP contribution in [0.2, 0.25) is 5.02 Å². The molecule has 1 aliphatic carbocycles. The first-order chi connectivity index (χ1) is 12.6. The quantitative estimate of drug-likeness (QED) is 0.715. The van der Waals surface area contributed by atoms with Crippen molar-refractivity contribution in [2.24, 2.45) is 5.92 Å². The number of esters is 2. The van der Waals surface area contributed by atoms with Gasteiger partial charge in [-0.25, -0.2) is 4.79 Å². The van der Waals surface area contributed by atoms with Crippen LogP contribution in [0.3, 0.4) is 0 Å². The van der Waals surface area contributed by atoms with Crippen LogP contribution in [0.1, 0.15) is 40.6 Å². The molecule has 0 saturated heterocycles. The molecule has 0 N–H and O–H groups in total. The number of cyclic esters (lactones) is 1. The Kier molecular flexibility index (Phi) is 4.55. The number of carbonyl (C=O) groups is 2. The molecule has 134 valence electrons. The van der Waals surface area contributed by atoms with Gasteiger partial charge >= 0.3 is 11.9 Å². The van der Waals surface area contributed by atoms with Crippen molar-refractivity contribution < 1.29 is 23.8 Å². The molecule has 1 aliphatic heterocycles. The van der Waals surface area contributed by atoms with E-state index < -0.39 is 18.2 Å². The van der Waals surface area contributed by atoms with Gasteiger partial charge in [0.15, 0.2) is 0 Å². The van der Waals surface area contributed by atoms with Crippen molar-refractivity contribution in [2.75, 3.05) is 6.61 Å². The van der Waals surface area contributed by atoms with Gasteiger partial charge in [-0.3, -0.25) is 4.79 Å². The topological polar surface area (TPSA) is 61.8 Å². The third-order valence-corrected chi connectivity index (χ3v) is 4.70. The number of ether oxygens (including phenoxy) is 3. The van der Waals surface area contributed by atoms with Gasteiger partial charge in [0.25, 0.3) is 6.29 Å². The van der Waals surface area contributed by atoms with Crippen LogP contribution >= 0.6 is 11.6 Å². The van der Waals surface area contributed by atoms with E-state index in [0.29, 0.717) is 40.0 Å². The number of hydrogen-bond acceptors (Lipinski definition) is 5. The van der Waals surface area contributed by atoms with Crippen LogP contribution in [0, 0.1) is 5.92 Å². The largest absolute Gasteiger partial charge is 0.492 e. The molecule has 2 aliphatic rings. The second-order valence-corrected chi connectivity index (χ2v) is 6.92. The number of fused-ring (bicyclic) bond motifs is 1. The second kappa shape index (κ2) is 7.00. The van der Waals surface area contributed by atoms with Crippen molar-refractivity contribution >= 4 is 23.5 Å². The summed E-state index contributed by atoms with van der Waals surface area (Å²) in [5, 5.41) is 0.466. The molecule has 1 atom stereocenters. The average molecular weight is 373 g/mol. The van der Waals surface area contributed by atoms with Gasteiger partial charge in [-0.1, -0.05) is 35.9 Å². The normalized spacial score (nSPS) is 18.2. The van der Waals surface area contributed by atoms with Crippen molar-refractivity contribution in [2.45, 2.75) is 25.6 Å². The van der Waals surface area contributed by atoms with Gasteiger partial charge in [0.05, 0.1) is 23.6 Å². The Balaban J connectivity index is 1.37. The summed E-state index contributed by atoms with van der Waals surface area (Å²) in [5.74, 6) is 0.271. The van der Waals surface area contributed by atoms with E-state index in [9.17, 15) is 9.59 Å². The predicted molar refractivity (Wildman–Crippen MR) is 94.1 cm³/mol. The van der Waals surface area contributed by atoms with Gasteiger partial charge in [0.1, 0.15) is 5.75 Å². The molecule has 1 heterocycles. The molecule has 26 heavy (non-hydrogen) atoms. The monoisotopic (exact) mass is 372 g/mol. The Morgan fingerprint density at radius 2 is 2.00 bits per heavy atom. The van der Waals surface area contributed by atoms with Crippen LogP contribution in [0.4, 0.5) is 0 Å². The van der Waals surface area contributed by atoms with Crippen LogP contribution in [-0.4, -0.2) is 18.5 Å². The summed E-state index contributed by atoms with van der Waals surface area (Å²) in [6.45, 7) is 0.674. The molecular formula is C20H17ClO5.